The Kier molecular flexibility index (Phi) is 4.68. The molecule has 0 aromatic heterocycles. The standard InChI is InChI=1S/C18H21F4NO2/c1-23-16(24)13-8-12(11-4-5-11)15(9-14(13)19)25-10-17(18(20,21)22)6-2-3-7-17/h8-9,11H,2-7,10H2,1H3,(H,23,24). The highest BCUT2D eigenvalue weighted by Gasteiger charge is 2.56. The molecule has 1 N–H and O–H groups in total. The van der Waals surface area contributed by atoms with E-state index in [0.717, 1.165) is 18.9 Å². The lowest BCUT2D eigenvalue weighted by Crippen LogP contribution is -2.40. The molecule has 2 aliphatic rings. The zero-order valence-corrected chi connectivity index (χ0v) is 14.0. The van der Waals surface area contributed by atoms with E-state index in [0.29, 0.717) is 18.4 Å². The Bertz CT molecular complexity index is 662. The monoisotopic (exact) mass is 359 g/mol. The van der Waals surface area contributed by atoms with Crippen LogP contribution >= 0.6 is 0 Å². The van der Waals surface area contributed by atoms with E-state index in [-0.39, 0.29) is 30.1 Å². The van der Waals surface area contributed by atoms with Crippen LogP contribution in [-0.4, -0.2) is 25.7 Å². The molecule has 1 amide bonds. The maximum Gasteiger partial charge on any atom is 0.397 e. The maximum absolute atomic E-state index is 14.2. The van der Waals surface area contributed by atoms with E-state index >= 15 is 0 Å². The molecule has 0 heterocycles. The second-order valence-electron chi connectivity index (χ2n) is 7.00. The molecule has 1 aromatic rings. The highest BCUT2D eigenvalue weighted by Crippen LogP contribution is 2.51. The second kappa shape index (κ2) is 6.50. The minimum absolute atomic E-state index is 0.0358. The Labute approximate surface area is 143 Å². The molecule has 25 heavy (non-hydrogen) atoms. The van der Waals surface area contributed by atoms with E-state index in [1.807, 2.05) is 0 Å². The van der Waals surface area contributed by atoms with Crippen LogP contribution in [0.15, 0.2) is 12.1 Å². The van der Waals surface area contributed by atoms with Crippen LogP contribution in [0.4, 0.5) is 17.6 Å². The fourth-order valence-corrected chi connectivity index (χ4v) is 3.50. The molecular weight excluding hydrogens is 338 g/mol. The van der Waals surface area contributed by atoms with Crippen LogP contribution in [-0.2, 0) is 0 Å². The molecule has 0 aliphatic heterocycles. The van der Waals surface area contributed by atoms with Gasteiger partial charge in [0, 0.05) is 13.1 Å². The van der Waals surface area contributed by atoms with Crippen LogP contribution in [0.25, 0.3) is 0 Å². The van der Waals surface area contributed by atoms with Crippen molar-refractivity contribution >= 4 is 5.91 Å². The van der Waals surface area contributed by atoms with Crippen molar-refractivity contribution in [3.8, 4) is 5.75 Å². The van der Waals surface area contributed by atoms with Gasteiger partial charge < -0.3 is 10.1 Å². The number of carbonyl (C=O) groups is 1. The Hall–Kier alpha value is -1.79. The minimum Gasteiger partial charge on any atom is -0.492 e. The molecule has 0 atom stereocenters. The molecule has 0 bridgehead atoms. The average molecular weight is 359 g/mol. The summed E-state index contributed by atoms with van der Waals surface area (Å²) < 4.78 is 60.2. The van der Waals surface area contributed by atoms with E-state index in [2.05, 4.69) is 5.32 Å². The number of halogens is 4. The van der Waals surface area contributed by atoms with Gasteiger partial charge in [-0.05, 0) is 43.2 Å². The lowest BCUT2D eigenvalue weighted by Gasteiger charge is -2.31. The molecular formula is C18H21F4NO2. The first-order valence-corrected chi connectivity index (χ1v) is 8.52. The lowest BCUT2D eigenvalue weighted by atomic mass is 9.86. The normalized spacial score (nSPS) is 19.7. The van der Waals surface area contributed by atoms with Crippen molar-refractivity contribution in [1.82, 2.24) is 5.32 Å². The number of nitrogens with one attached hydrogen (secondary N) is 1. The van der Waals surface area contributed by atoms with Gasteiger partial charge >= 0.3 is 6.18 Å². The first-order chi connectivity index (χ1) is 11.8. The van der Waals surface area contributed by atoms with Gasteiger partial charge in [0.1, 0.15) is 18.2 Å². The molecule has 0 unspecified atom stereocenters. The SMILES string of the molecule is CNC(=O)c1cc(C2CC2)c(OCC2(C(F)(F)F)CCCC2)cc1F. The molecule has 3 nitrogen and oxygen atoms in total. The van der Waals surface area contributed by atoms with Gasteiger partial charge in [0.15, 0.2) is 0 Å². The zero-order valence-electron chi connectivity index (χ0n) is 14.0. The van der Waals surface area contributed by atoms with Crippen molar-refractivity contribution < 1.29 is 27.1 Å². The molecule has 2 aliphatic carbocycles. The quantitative estimate of drug-likeness (QED) is 0.783. The third-order valence-electron chi connectivity index (χ3n) is 5.25. The number of hydrogen-bond donors (Lipinski definition) is 1. The van der Waals surface area contributed by atoms with Crippen molar-refractivity contribution in [2.75, 3.05) is 13.7 Å². The number of ether oxygens (including phenoxy) is 1. The molecule has 0 radical (unpaired) electrons. The smallest absolute Gasteiger partial charge is 0.397 e. The number of amides is 1. The third-order valence-corrected chi connectivity index (χ3v) is 5.25. The van der Waals surface area contributed by atoms with Gasteiger partial charge in [0.25, 0.3) is 5.91 Å². The molecule has 3 rings (SSSR count). The molecule has 0 spiro atoms. The minimum atomic E-state index is -4.34. The Morgan fingerprint density at radius 3 is 2.44 bits per heavy atom. The van der Waals surface area contributed by atoms with E-state index in [4.69, 9.17) is 4.74 Å². The number of hydrogen-bond acceptors (Lipinski definition) is 2. The summed E-state index contributed by atoms with van der Waals surface area (Å²) in [5.41, 5.74) is -1.34. The van der Waals surface area contributed by atoms with Gasteiger partial charge in [0.2, 0.25) is 0 Å². The first-order valence-electron chi connectivity index (χ1n) is 8.52. The first kappa shape index (κ1) is 18.0. The van der Waals surface area contributed by atoms with Crippen LogP contribution in [0, 0.1) is 11.2 Å². The zero-order chi connectivity index (χ0) is 18.2. The Balaban J connectivity index is 1.87. The summed E-state index contributed by atoms with van der Waals surface area (Å²) in [4.78, 5) is 11.7. The Morgan fingerprint density at radius 2 is 1.92 bits per heavy atom. The van der Waals surface area contributed by atoms with Gasteiger partial charge in [-0.25, -0.2) is 4.39 Å². The third kappa shape index (κ3) is 3.46. The molecule has 2 fully saturated rings. The van der Waals surface area contributed by atoms with Crippen LogP contribution in [0.1, 0.15) is 60.4 Å². The van der Waals surface area contributed by atoms with Gasteiger partial charge in [-0.15, -0.1) is 0 Å². The van der Waals surface area contributed by atoms with E-state index < -0.39 is 29.9 Å². The number of carbonyl (C=O) groups excluding carboxylic acids is 1. The summed E-state index contributed by atoms with van der Waals surface area (Å²) in [6.45, 7) is -0.505. The summed E-state index contributed by atoms with van der Waals surface area (Å²) in [7, 11) is 1.40. The fraction of sp³-hybridized carbons (Fsp3) is 0.611. The van der Waals surface area contributed by atoms with E-state index in [1.165, 1.54) is 13.1 Å². The number of benzene rings is 1. The number of rotatable bonds is 5. The van der Waals surface area contributed by atoms with Gasteiger partial charge in [0.05, 0.1) is 11.0 Å². The summed E-state index contributed by atoms with van der Waals surface area (Å²) in [6, 6.07) is 2.47. The van der Waals surface area contributed by atoms with Gasteiger partial charge in [-0.3, -0.25) is 4.79 Å². The van der Waals surface area contributed by atoms with Crippen LogP contribution in [0.2, 0.25) is 0 Å². The van der Waals surface area contributed by atoms with E-state index in [9.17, 15) is 22.4 Å². The molecule has 2 saturated carbocycles. The van der Waals surface area contributed by atoms with Crippen molar-refractivity contribution in [1.29, 1.82) is 0 Å². The average Bonchev–Trinajstić information content (AvgIpc) is 3.28. The van der Waals surface area contributed by atoms with Crippen LogP contribution in [0.5, 0.6) is 5.75 Å². The summed E-state index contributed by atoms with van der Waals surface area (Å²) in [5, 5.41) is 2.36. The summed E-state index contributed by atoms with van der Waals surface area (Å²) in [5.74, 6) is -1.10. The molecule has 138 valence electrons. The predicted molar refractivity (Wildman–Crippen MR) is 84.2 cm³/mol. The predicted octanol–water partition coefficient (Wildman–Crippen LogP) is 4.56. The van der Waals surface area contributed by atoms with Crippen molar-refractivity contribution in [3.05, 3.63) is 29.1 Å². The van der Waals surface area contributed by atoms with Crippen LogP contribution < -0.4 is 10.1 Å². The number of alkyl halides is 3. The highest BCUT2D eigenvalue weighted by atomic mass is 19.4. The second-order valence-corrected chi connectivity index (χ2v) is 7.00. The van der Waals surface area contributed by atoms with Crippen molar-refractivity contribution in [2.45, 2.75) is 50.6 Å². The largest absolute Gasteiger partial charge is 0.492 e. The van der Waals surface area contributed by atoms with Gasteiger partial charge in [-0.1, -0.05) is 12.8 Å². The molecule has 1 aromatic carbocycles. The summed E-state index contributed by atoms with van der Waals surface area (Å²) >= 11 is 0. The highest BCUT2D eigenvalue weighted by molar-refractivity contribution is 5.94. The van der Waals surface area contributed by atoms with Crippen molar-refractivity contribution in [3.63, 3.8) is 0 Å². The Morgan fingerprint density at radius 1 is 1.28 bits per heavy atom. The topological polar surface area (TPSA) is 38.3 Å². The molecule has 0 saturated heterocycles. The summed E-state index contributed by atoms with van der Waals surface area (Å²) in [6.07, 6.45) is -1.52. The van der Waals surface area contributed by atoms with E-state index in [1.54, 1.807) is 0 Å². The lowest BCUT2D eigenvalue weighted by molar-refractivity contribution is -0.230. The maximum atomic E-state index is 14.2. The van der Waals surface area contributed by atoms with Crippen molar-refractivity contribution in [2.24, 2.45) is 5.41 Å². The fourth-order valence-electron chi connectivity index (χ4n) is 3.50. The molecule has 7 heteroatoms. The van der Waals surface area contributed by atoms with Crippen LogP contribution in [0.3, 0.4) is 0 Å². The van der Waals surface area contributed by atoms with Gasteiger partial charge in [-0.2, -0.15) is 13.2 Å².